The molecule has 0 aromatic heterocycles. The molecule has 13 heavy (non-hydrogen) atoms. The first-order chi connectivity index (χ1) is 4.34. The van der Waals surface area contributed by atoms with E-state index in [0.29, 0.717) is 0 Å². The molecule has 0 spiro atoms. The third kappa shape index (κ3) is 7.96. The van der Waals surface area contributed by atoms with Crippen LogP contribution in [-0.2, 0) is 18.6 Å². The van der Waals surface area contributed by atoms with Crippen molar-refractivity contribution in [2.75, 3.05) is 0 Å². The molecule has 75 valence electrons. The van der Waals surface area contributed by atoms with Gasteiger partial charge in [-0.3, -0.25) is 6.08 Å². The number of halogens is 3. The Hall–Kier alpha value is 0.934. The summed E-state index contributed by atoms with van der Waals surface area (Å²) in [6.45, 7) is 4.40. The van der Waals surface area contributed by atoms with Crippen LogP contribution in [0.4, 0.5) is 0 Å². The van der Waals surface area contributed by atoms with Crippen LogP contribution in [0.25, 0.3) is 0 Å². The van der Waals surface area contributed by atoms with Crippen molar-refractivity contribution in [1.82, 2.24) is 0 Å². The van der Waals surface area contributed by atoms with Crippen LogP contribution in [0, 0.1) is 6.08 Å². The van der Waals surface area contributed by atoms with Crippen molar-refractivity contribution in [2.45, 2.75) is 33.1 Å². The molecule has 0 fully saturated rings. The Morgan fingerprint density at radius 1 is 1.31 bits per heavy atom. The van der Waals surface area contributed by atoms with E-state index in [1.54, 1.807) is 0 Å². The smallest absolute Gasteiger partial charge is 1.00 e. The van der Waals surface area contributed by atoms with E-state index in [9.17, 15) is 0 Å². The van der Waals surface area contributed by atoms with Crippen LogP contribution < -0.4 is 37.2 Å². The molecule has 0 N–H and O–H groups in total. The first kappa shape index (κ1) is 23.6. The van der Waals surface area contributed by atoms with Crippen molar-refractivity contribution in [1.29, 1.82) is 0 Å². The Morgan fingerprint density at radius 2 is 1.85 bits per heavy atom. The summed E-state index contributed by atoms with van der Waals surface area (Å²) in [5, 5.41) is 0. The van der Waals surface area contributed by atoms with Gasteiger partial charge in [-0.25, -0.2) is 11.1 Å². The molecule has 1 aliphatic carbocycles. The van der Waals surface area contributed by atoms with Gasteiger partial charge in [-0.1, -0.05) is 26.2 Å². The molecule has 0 aliphatic heterocycles. The second-order valence-corrected chi connectivity index (χ2v) is 2.56. The van der Waals surface area contributed by atoms with E-state index in [0.717, 1.165) is 6.42 Å². The van der Waals surface area contributed by atoms with Crippen molar-refractivity contribution >= 4 is 0 Å². The number of hydrogen-bond acceptors (Lipinski definition) is 0. The van der Waals surface area contributed by atoms with E-state index in [4.69, 9.17) is 0 Å². The molecule has 4 heteroatoms. The molecule has 0 nitrogen and oxygen atoms in total. The Bertz CT molecular complexity index is 164. The molecule has 0 atom stereocenters. The Labute approximate surface area is 112 Å². The summed E-state index contributed by atoms with van der Waals surface area (Å²) in [4.78, 5) is 0. The fourth-order valence-electron chi connectivity index (χ4n) is 1.11. The van der Waals surface area contributed by atoms with Crippen molar-refractivity contribution in [3.05, 3.63) is 23.3 Å². The topological polar surface area (TPSA) is 0 Å². The van der Waals surface area contributed by atoms with Crippen LogP contribution in [0.5, 0.6) is 0 Å². The maximum atomic E-state index is 3.26. The van der Waals surface area contributed by atoms with Gasteiger partial charge >= 0.3 is 18.6 Å². The first-order valence-electron chi connectivity index (χ1n) is 3.61. The maximum Gasteiger partial charge on any atom is 4.00 e. The summed E-state index contributed by atoms with van der Waals surface area (Å²) in [6, 6.07) is 0. The van der Waals surface area contributed by atoms with E-state index in [2.05, 4.69) is 26.0 Å². The van der Waals surface area contributed by atoms with Crippen molar-refractivity contribution < 1.29 is 55.8 Å². The quantitative estimate of drug-likeness (QED) is 0.441. The van der Waals surface area contributed by atoms with Gasteiger partial charge in [-0.05, 0) is 0 Å². The summed E-state index contributed by atoms with van der Waals surface area (Å²) in [6.07, 6.45) is 8.98. The average Bonchev–Trinajstić information content (AvgIpc) is 2.18. The zero-order valence-electron chi connectivity index (χ0n) is 7.78. The standard InChI is InChI=1S/C9H13.3ClH.V/c1-3-5-9-7-4-6-8(9)2;;;;/h4H,3,5-6H2,1-2H3;3*1H;/q-1;;;;+4/p-3. The summed E-state index contributed by atoms with van der Waals surface area (Å²) in [7, 11) is 0. The molecule has 0 saturated heterocycles. The van der Waals surface area contributed by atoms with Crippen LogP contribution in [0.2, 0.25) is 0 Å². The fourth-order valence-corrected chi connectivity index (χ4v) is 1.11. The molecule has 1 aliphatic rings. The molecular weight excluding hydrogens is 265 g/mol. The van der Waals surface area contributed by atoms with Crippen molar-refractivity contribution in [2.24, 2.45) is 0 Å². The van der Waals surface area contributed by atoms with Gasteiger partial charge in [-0.15, -0.1) is 6.92 Å². The van der Waals surface area contributed by atoms with Gasteiger partial charge in [0.1, 0.15) is 0 Å². The van der Waals surface area contributed by atoms with Gasteiger partial charge in [0.15, 0.2) is 0 Å². The van der Waals surface area contributed by atoms with Gasteiger partial charge < -0.3 is 37.2 Å². The molecule has 1 radical (unpaired) electrons. The molecule has 0 aromatic carbocycles. The largest absolute Gasteiger partial charge is 4.00 e. The SMILES string of the molecule is CCCC1=C(C)CC=[C-]1.[Cl-].[Cl-].[Cl-].[V+4]. The summed E-state index contributed by atoms with van der Waals surface area (Å²) in [5.41, 5.74) is 2.95. The summed E-state index contributed by atoms with van der Waals surface area (Å²) < 4.78 is 0. The molecule has 1 rings (SSSR count). The zero-order valence-corrected chi connectivity index (χ0v) is 11.4. The van der Waals surface area contributed by atoms with Crippen LogP contribution >= 0.6 is 0 Å². The number of rotatable bonds is 2. The third-order valence-electron chi connectivity index (χ3n) is 1.70. The molecule has 0 amide bonds. The van der Waals surface area contributed by atoms with E-state index in [1.165, 1.54) is 24.0 Å². The molecule has 0 bridgehead atoms. The summed E-state index contributed by atoms with van der Waals surface area (Å²) in [5.74, 6) is 0. The Kier molecular flexibility index (Phi) is 23.5. The minimum atomic E-state index is 0. The average molecular weight is 279 g/mol. The molecular formula is C9H13Cl3V. The van der Waals surface area contributed by atoms with Crippen LogP contribution in [-0.4, -0.2) is 0 Å². The van der Waals surface area contributed by atoms with Gasteiger partial charge in [0.25, 0.3) is 0 Å². The van der Waals surface area contributed by atoms with E-state index >= 15 is 0 Å². The van der Waals surface area contributed by atoms with Crippen molar-refractivity contribution in [3.63, 3.8) is 0 Å². The second kappa shape index (κ2) is 12.9. The minimum absolute atomic E-state index is 0. The van der Waals surface area contributed by atoms with E-state index < -0.39 is 0 Å². The van der Waals surface area contributed by atoms with Gasteiger partial charge in [0, 0.05) is 0 Å². The fraction of sp³-hybridized carbons (Fsp3) is 0.556. The van der Waals surface area contributed by atoms with Gasteiger partial charge in [0.05, 0.1) is 0 Å². The molecule has 0 saturated carbocycles. The monoisotopic (exact) mass is 277 g/mol. The predicted octanol–water partition coefficient (Wildman–Crippen LogP) is -6.12. The second-order valence-electron chi connectivity index (χ2n) is 2.56. The third-order valence-corrected chi connectivity index (χ3v) is 1.70. The Morgan fingerprint density at radius 3 is 2.15 bits per heavy atom. The molecule has 0 heterocycles. The normalized spacial score (nSPS) is 12.2. The number of allylic oxidation sites excluding steroid dienone is 4. The number of hydrogen-bond donors (Lipinski definition) is 0. The maximum absolute atomic E-state index is 3.26. The van der Waals surface area contributed by atoms with Crippen LogP contribution in [0.1, 0.15) is 33.1 Å². The Balaban J connectivity index is -0.000000101. The molecule has 0 unspecified atom stereocenters. The van der Waals surface area contributed by atoms with Crippen LogP contribution in [0.3, 0.4) is 0 Å². The van der Waals surface area contributed by atoms with Crippen molar-refractivity contribution in [3.8, 4) is 0 Å². The predicted molar refractivity (Wildman–Crippen MR) is 40.0 cm³/mol. The van der Waals surface area contributed by atoms with Gasteiger partial charge in [0.2, 0.25) is 0 Å². The zero-order chi connectivity index (χ0) is 6.69. The summed E-state index contributed by atoms with van der Waals surface area (Å²) >= 11 is 0. The molecule has 0 aromatic rings. The van der Waals surface area contributed by atoms with Crippen LogP contribution in [0.15, 0.2) is 17.2 Å². The van der Waals surface area contributed by atoms with Gasteiger partial charge in [-0.2, -0.15) is 6.08 Å². The van der Waals surface area contributed by atoms with E-state index in [-0.39, 0.29) is 55.8 Å². The van der Waals surface area contributed by atoms with E-state index in [1.807, 2.05) is 0 Å². The minimum Gasteiger partial charge on any atom is -1.00 e. The first-order valence-corrected chi connectivity index (χ1v) is 3.61.